The molecule has 1 amide bonds. The van der Waals surface area contributed by atoms with Gasteiger partial charge in [0.2, 0.25) is 0 Å². The Morgan fingerprint density at radius 3 is 2.54 bits per heavy atom. The van der Waals surface area contributed by atoms with Crippen LogP contribution in [0.15, 0.2) is 42.7 Å². The molecule has 0 fully saturated rings. The summed E-state index contributed by atoms with van der Waals surface area (Å²) in [7, 11) is 3.29. The number of hydrogen-bond donors (Lipinski definition) is 2. The molecule has 0 aliphatic carbocycles. The molecule has 2 aromatic rings. The number of pyridine rings is 1. The Balaban J connectivity index is 1.92. The summed E-state index contributed by atoms with van der Waals surface area (Å²) < 4.78 is 10.1. The monoisotopic (exact) mass is 329 g/mol. The zero-order valence-corrected chi connectivity index (χ0v) is 14.0. The van der Waals surface area contributed by atoms with Crippen LogP contribution in [0.2, 0.25) is 0 Å². The SMILES string of the molecule is COCCNCCNC(=O)c1cncc(-c2ccc(OC)cc2)c1. The van der Waals surface area contributed by atoms with Crippen molar-refractivity contribution in [3.63, 3.8) is 0 Å². The maximum atomic E-state index is 12.2. The first-order valence-corrected chi connectivity index (χ1v) is 7.82. The van der Waals surface area contributed by atoms with Crippen molar-refractivity contribution in [2.75, 3.05) is 40.5 Å². The van der Waals surface area contributed by atoms with Gasteiger partial charge >= 0.3 is 0 Å². The van der Waals surface area contributed by atoms with Gasteiger partial charge in [0.1, 0.15) is 5.75 Å². The molecule has 0 radical (unpaired) electrons. The van der Waals surface area contributed by atoms with Gasteiger partial charge in [0.05, 0.1) is 19.3 Å². The summed E-state index contributed by atoms with van der Waals surface area (Å²) in [6.45, 7) is 2.67. The second-order valence-electron chi connectivity index (χ2n) is 5.19. The highest BCUT2D eigenvalue weighted by Gasteiger charge is 2.07. The number of aromatic nitrogens is 1. The molecule has 2 rings (SSSR count). The van der Waals surface area contributed by atoms with Crippen molar-refractivity contribution in [1.82, 2.24) is 15.6 Å². The molecule has 0 unspecified atom stereocenters. The highest BCUT2D eigenvalue weighted by Crippen LogP contribution is 2.22. The molecule has 0 aliphatic rings. The average molecular weight is 329 g/mol. The zero-order chi connectivity index (χ0) is 17.2. The van der Waals surface area contributed by atoms with Crippen molar-refractivity contribution in [2.45, 2.75) is 0 Å². The molecule has 2 N–H and O–H groups in total. The first-order valence-electron chi connectivity index (χ1n) is 7.82. The van der Waals surface area contributed by atoms with Crippen molar-refractivity contribution < 1.29 is 14.3 Å². The molecule has 128 valence electrons. The van der Waals surface area contributed by atoms with Crippen LogP contribution in [0.25, 0.3) is 11.1 Å². The standard InChI is InChI=1S/C18H23N3O3/c1-23-10-9-19-7-8-21-18(22)16-11-15(12-20-13-16)14-3-5-17(24-2)6-4-14/h3-6,11-13,19H,7-10H2,1-2H3,(H,21,22). The average Bonchev–Trinajstić information content (AvgIpc) is 2.64. The van der Waals surface area contributed by atoms with Crippen LogP contribution in [0, 0.1) is 0 Å². The van der Waals surface area contributed by atoms with E-state index >= 15 is 0 Å². The predicted molar refractivity (Wildman–Crippen MR) is 93.3 cm³/mol. The van der Waals surface area contributed by atoms with Gasteiger partial charge in [0.15, 0.2) is 0 Å². The fraction of sp³-hybridized carbons (Fsp3) is 0.333. The fourth-order valence-electron chi connectivity index (χ4n) is 2.17. The molecule has 1 aromatic heterocycles. The largest absolute Gasteiger partial charge is 0.497 e. The van der Waals surface area contributed by atoms with Gasteiger partial charge in [0.25, 0.3) is 5.91 Å². The van der Waals surface area contributed by atoms with Crippen LogP contribution in [0.3, 0.4) is 0 Å². The van der Waals surface area contributed by atoms with Crippen LogP contribution in [-0.2, 0) is 4.74 Å². The van der Waals surface area contributed by atoms with Crippen LogP contribution in [0.5, 0.6) is 5.75 Å². The molecule has 0 saturated carbocycles. The minimum absolute atomic E-state index is 0.133. The molecular weight excluding hydrogens is 306 g/mol. The molecule has 0 saturated heterocycles. The first-order chi connectivity index (χ1) is 11.7. The van der Waals surface area contributed by atoms with Crippen LogP contribution in [0.4, 0.5) is 0 Å². The van der Waals surface area contributed by atoms with E-state index in [0.717, 1.165) is 23.4 Å². The Hall–Kier alpha value is -2.44. The molecule has 1 heterocycles. The van der Waals surface area contributed by atoms with E-state index in [1.54, 1.807) is 26.6 Å². The Morgan fingerprint density at radius 2 is 1.83 bits per heavy atom. The highest BCUT2D eigenvalue weighted by atomic mass is 16.5. The quantitative estimate of drug-likeness (QED) is 0.686. The summed E-state index contributed by atoms with van der Waals surface area (Å²) in [5.41, 5.74) is 2.42. The van der Waals surface area contributed by atoms with Gasteiger partial charge in [-0.25, -0.2) is 0 Å². The third-order valence-corrected chi connectivity index (χ3v) is 3.49. The van der Waals surface area contributed by atoms with E-state index in [2.05, 4.69) is 15.6 Å². The second kappa shape index (κ2) is 9.64. The zero-order valence-electron chi connectivity index (χ0n) is 14.0. The highest BCUT2D eigenvalue weighted by molar-refractivity contribution is 5.95. The molecule has 1 aromatic carbocycles. The normalized spacial score (nSPS) is 10.4. The van der Waals surface area contributed by atoms with E-state index in [4.69, 9.17) is 9.47 Å². The summed E-state index contributed by atoms with van der Waals surface area (Å²) in [4.78, 5) is 16.4. The number of rotatable bonds is 9. The number of amides is 1. The minimum Gasteiger partial charge on any atom is -0.497 e. The van der Waals surface area contributed by atoms with Gasteiger partial charge in [-0.3, -0.25) is 9.78 Å². The third kappa shape index (κ3) is 5.33. The summed E-state index contributed by atoms with van der Waals surface area (Å²) in [6.07, 6.45) is 3.31. The van der Waals surface area contributed by atoms with Gasteiger partial charge < -0.3 is 20.1 Å². The van der Waals surface area contributed by atoms with Crippen molar-refractivity contribution in [3.05, 3.63) is 48.3 Å². The summed E-state index contributed by atoms with van der Waals surface area (Å²) in [5, 5.41) is 6.04. The van der Waals surface area contributed by atoms with Crippen molar-refractivity contribution in [2.24, 2.45) is 0 Å². The van der Waals surface area contributed by atoms with Gasteiger partial charge in [-0.1, -0.05) is 12.1 Å². The fourth-order valence-corrected chi connectivity index (χ4v) is 2.17. The van der Waals surface area contributed by atoms with Crippen molar-refractivity contribution in [3.8, 4) is 16.9 Å². The molecule has 0 atom stereocenters. The molecule has 24 heavy (non-hydrogen) atoms. The van der Waals surface area contributed by atoms with Gasteiger partial charge in [-0.15, -0.1) is 0 Å². The number of ether oxygens (including phenoxy) is 2. The van der Waals surface area contributed by atoms with Crippen LogP contribution >= 0.6 is 0 Å². The summed E-state index contributed by atoms with van der Waals surface area (Å²) >= 11 is 0. The lowest BCUT2D eigenvalue weighted by atomic mass is 10.1. The number of benzene rings is 1. The number of nitrogens with one attached hydrogen (secondary N) is 2. The molecule has 0 aliphatic heterocycles. The number of nitrogens with zero attached hydrogens (tertiary/aromatic N) is 1. The van der Waals surface area contributed by atoms with E-state index in [1.165, 1.54) is 0 Å². The number of carbonyl (C=O) groups is 1. The number of carbonyl (C=O) groups excluding carboxylic acids is 1. The number of hydrogen-bond acceptors (Lipinski definition) is 5. The van der Waals surface area contributed by atoms with E-state index in [-0.39, 0.29) is 5.91 Å². The third-order valence-electron chi connectivity index (χ3n) is 3.49. The topological polar surface area (TPSA) is 72.5 Å². The van der Waals surface area contributed by atoms with Crippen LogP contribution < -0.4 is 15.4 Å². The summed E-state index contributed by atoms with van der Waals surface area (Å²) in [5.74, 6) is 0.660. The Labute approximate surface area is 142 Å². The minimum atomic E-state index is -0.133. The van der Waals surface area contributed by atoms with Crippen LogP contribution in [0.1, 0.15) is 10.4 Å². The van der Waals surface area contributed by atoms with Gasteiger partial charge in [0, 0.05) is 44.7 Å². The first kappa shape index (κ1) is 17.9. The molecule has 0 spiro atoms. The van der Waals surface area contributed by atoms with Gasteiger partial charge in [-0.2, -0.15) is 0 Å². The Morgan fingerprint density at radius 1 is 1.04 bits per heavy atom. The lowest BCUT2D eigenvalue weighted by Crippen LogP contribution is -2.33. The molecule has 6 heteroatoms. The Bertz CT molecular complexity index is 644. The summed E-state index contributed by atoms with van der Waals surface area (Å²) in [6, 6.07) is 9.48. The van der Waals surface area contributed by atoms with E-state index < -0.39 is 0 Å². The van der Waals surface area contributed by atoms with Crippen molar-refractivity contribution >= 4 is 5.91 Å². The maximum absolute atomic E-state index is 12.2. The smallest absolute Gasteiger partial charge is 0.252 e. The van der Waals surface area contributed by atoms with Crippen molar-refractivity contribution in [1.29, 1.82) is 0 Å². The van der Waals surface area contributed by atoms with Crippen LogP contribution in [-0.4, -0.2) is 51.4 Å². The van der Waals surface area contributed by atoms with Gasteiger partial charge in [-0.05, 0) is 23.8 Å². The maximum Gasteiger partial charge on any atom is 0.252 e. The van der Waals surface area contributed by atoms with E-state index in [1.807, 2.05) is 30.3 Å². The molecule has 0 bridgehead atoms. The predicted octanol–water partition coefficient (Wildman–Crippen LogP) is 1.72. The second-order valence-corrected chi connectivity index (χ2v) is 5.19. The molecular formula is C18H23N3O3. The number of methoxy groups -OCH3 is 2. The lowest BCUT2D eigenvalue weighted by molar-refractivity contribution is 0.0953. The van der Waals surface area contributed by atoms with E-state index in [0.29, 0.717) is 25.3 Å². The Kier molecular flexibility index (Phi) is 7.20. The van der Waals surface area contributed by atoms with E-state index in [9.17, 15) is 4.79 Å². The molecule has 6 nitrogen and oxygen atoms in total. The lowest BCUT2D eigenvalue weighted by Gasteiger charge is -2.08.